The molecule has 0 heterocycles. The zero-order valence-corrected chi connectivity index (χ0v) is 9.22. The average Bonchev–Trinajstić information content (AvgIpc) is 2.20. The lowest BCUT2D eigenvalue weighted by Gasteiger charge is -2.29. The van der Waals surface area contributed by atoms with E-state index in [9.17, 15) is 0 Å². The Kier molecular flexibility index (Phi) is 4.15. The minimum absolute atomic E-state index is 0.126. The molecule has 1 rings (SSSR count). The summed E-state index contributed by atoms with van der Waals surface area (Å²) in [4.78, 5) is 0. The van der Waals surface area contributed by atoms with E-state index in [-0.39, 0.29) is 5.54 Å². The molecule has 0 aliphatic heterocycles. The van der Waals surface area contributed by atoms with Crippen LogP contribution in [-0.4, -0.2) is 0 Å². The highest BCUT2D eigenvalue weighted by molar-refractivity contribution is 5.23. The van der Waals surface area contributed by atoms with Gasteiger partial charge in [0, 0.05) is 5.54 Å². The average molecular weight is 190 g/mol. The Morgan fingerprint density at radius 2 is 1.64 bits per heavy atom. The lowest BCUT2D eigenvalue weighted by Crippen LogP contribution is -2.36. The molecule has 0 atom stereocenters. The fourth-order valence-corrected chi connectivity index (χ4v) is 2.02. The van der Waals surface area contributed by atoms with Gasteiger partial charge in [-0.25, -0.2) is 0 Å². The Labute approximate surface area is 87.3 Å². The van der Waals surface area contributed by atoms with Crippen molar-refractivity contribution in [3.63, 3.8) is 0 Å². The van der Waals surface area contributed by atoms with E-state index < -0.39 is 0 Å². The fourth-order valence-electron chi connectivity index (χ4n) is 2.02. The van der Waals surface area contributed by atoms with Gasteiger partial charge in [0.15, 0.2) is 0 Å². The second-order valence-electron chi connectivity index (χ2n) is 3.94. The highest BCUT2D eigenvalue weighted by Crippen LogP contribution is 2.28. The maximum Gasteiger partial charge on any atom is 0.0409 e. The van der Waals surface area contributed by atoms with E-state index in [0.717, 1.165) is 25.7 Å². The molecule has 77 valence electrons. The van der Waals surface area contributed by atoms with Crippen molar-refractivity contribution in [2.75, 3.05) is 0 Å². The molecule has 2 N–H and O–H groups in total. The Bertz CT molecular complexity index is 247. The van der Waals surface area contributed by atoms with E-state index in [4.69, 9.17) is 5.73 Å². The molecule has 0 fully saturated rings. The molecule has 0 amide bonds. The zero-order chi connectivity index (χ0) is 10.4. The largest absolute Gasteiger partial charge is 0.321 e. The Morgan fingerprint density at radius 1 is 1.14 bits per heavy atom. The van der Waals surface area contributed by atoms with Gasteiger partial charge in [-0.1, -0.05) is 51.0 Å². The summed E-state index contributed by atoms with van der Waals surface area (Å²) >= 11 is 0. The van der Waals surface area contributed by atoms with Gasteiger partial charge in [-0.05, 0) is 24.5 Å². The molecular formula is C13H20N. The van der Waals surface area contributed by atoms with Crippen LogP contribution in [0.4, 0.5) is 0 Å². The van der Waals surface area contributed by atoms with Crippen molar-refractivity contribution in [1.29, 1.82) is 0 Å². The summed E-state index contributed by atoms with van der Waals surface area (Å²) < 4.78 is 0. The van der Waals surface area contributed by atoms with Gasteiger partial charge in [0.2, 0.25) is 0 Å². The van der Waals surface area contributed by atoms with Crippen LogP contribution < -0.4 is 5.73 Å². The van der Waals surface area contributed by atoms with Crippen LogP contribution in [-0.2, 0) is 5.54 Å². The maximum absolute atomic E-state index is 6.43. The smallest absolute Gasteiger partial charge is 0.0409 e. The first-order valence-electron chi connectivity index (χ1n) is 5.48. The summed E-state index contributed by atoms with van der Waals surface area (Å²) in [5, 5.41) is 0. The van der Waals surface area contributed by atoms with Crippen LogP contribution in [0, 0.1) is 6.07 Å². The molecule has 14 heavy (non-hydrogen) atoms. The molecule has 1 heteroatoms. The van der Waals surface area contributed by atoms with Crippen molar-refractivity contribution < 1.29 is 0 Å². The van der Waals surface area contributed by atoms with E-state index in [1.54, 1.807) is 0 Å². The van der Waals surface area contributed by atoms with Crippen molar-refractivity contribution in [2.45, 2.75) is 45.1 Å². The Morgan fingerprint density at radius 3 is 2.07 bits per heavy atom. The zero-order valence-electron chi connectivity index (χ0n) is 9.22. The normalized spacial score (nSPS) is 11.6. The molecule has 0 aliphatic carbocycles. The number of rotatable bonds is 5. The van der Waals surface area contributed by atoms with Gasteiger partial charge < -0.3 is 5.73 Å². The van der Waals surface area contributed by atoms with Crippen LogP contribution in [0.25, 0.3) is 0 Å². The van der Waals surface area contributed by atoms with Crippen LogP contribution in [0.3, 0.4) is 0 Å². The topological polar surface area (TPSA) is 26.0 Å². The number of hydrogen-bond acceptors (Lipinski definition) is 1. The fraction of sp³-hybridized carbons (Fsp3) is 0.538. The lowest BCUT2D eigenvalue weighted by atomic mass is 9.83. The van der Waals surface area contributed by atoms with Gasteiger partial charge in [0.1, 0.15) is 0 Å². The summed E-state index contributed by atoms with van der Waals surface area (Å²) in [6.45, 7) is 4.37. The number of hydrogen-bond donors (Lipinski definition) is 1. The molecule has 0 bridgehead atoms. The molecular weight excluding hydrogens is 170 g/mol. The van der Waals surface area contributed by atoms with Gasteiger partial charge in [-0.2, -0.15) is 0 Å². The summed E-state index contributed by atoms with van der Waals surface area (Å²) in [7, 11) is 0. The number of benzene rings is 1. The predicted octanol–water partition coefficient (Wildman–Crippen LogP) is 3.24. The summed E-state index contributed by atoms with van der Waals surface area (Å²) in [6.07, 6.45) is 4.39. The Balaban J connectivity index is 2.87. The van der Waals surface area contributed by atoms with Crippen molar-refractivity contribution >= 4 is 0 Å². The maximum atomic E-state index is 6.43. The quantitative estimate of drug-likeness (QED) is 0.758. The number of nitrogens with two attached hydrogens (primary N) is 1. The van der Waals surface area contributed by atoms with Crippen LogP contribution in [0.1, 0.15) is 45.1 Å². The van der Waals surface area contributed by atoms with Gasteiger partial charge in [-0.3, -0.25) is 0 Å². The van der Waals surface area contributed by atoms with E-state index in [0.29, 0.717) is 0 Å². The second kappa shape index (κ2) is 5.16. The Hall–Kier alpha value is -0.820. The molecule has 0 aromatic heterocycles. The van der Waals surface area contributed by atoms with Crippen molar-refractivity contribution in [1.82, 2.24) is 0 Å². The van der Waals surface area contributed by atoms with Crippen LogP contribution in [0.2, 0.25) is 0 Å². The van der Waals surface area contributed by atoms with E-state index in [1.807, 2.05) is 12.1 Å². The lowest BCUT2D eigenvalue weighted by molar-refractivity contribution is 0.369. The van der Waals surface area contributed by atoms with Crippen LogP contribution in [0.15, 0.2) is 24.3 Å². The third-order valence-electron chi connectivity index (χ3n) is 2.69. The molecule has 1 aromatic carbocycles. The second-order valence-corrected chi connectivity index (χ2v) is 3.94. The van der Waals surface area contributed by atoms with Gasteiger partial charge in [-0.15, -0.1) is 0 Å². The monoisotopic (exact) mass is 190 g/mol. The van der Waals surface area contributed by atoms with Crippen LogP contribution in [0.5, 0.6) is 0 Å². The molecule has 0 saturated carbocycles. The third-order valence-corrected chi connectivity index (χ3v) is 2.69. The van der Waals surface area contributed by atoms with Crippen molar-refractivity contribution in [3.05, 3.63) is 35.9 Å². The SMILES string of the molecule is CCCC(N)(CCC)c1cc[c]cc1. The molecule has 0 spiro atoms. The van der Waals surface area contributed by atoms with Gasteiger partial charge >= 0.3 is 0 Å². The molecule has 1 radical (unpaired) electrons. The first-order chi connectivity index (χ1) is 6.73. The molecule has 0 unspecified atom stereocenters. The predicted molar refractivity (Wildman–Crippen MR) is 61.0 cm³/mol. The highest BCUT2D eigenvalue weighted by Gasteiger charge is 2.24. The van der Waals surface area contributed by atoms with Crippen molar-refractivity contribution in [3.8, 4) is 0 Å². The molecule has 0 aliphatic rings. The first-order valence-corrected chi connectivity index (χ1v) is 5.48. The van der Waals surface area contributed by atoms with Crippen molar-refractivity contribution in [2.24, 2.45) is 5.73 Å². The minimum atomic E-state index is -0.126. The van der Waals surface area contributed by atoms with Crippen LogP contribution >= 0.6 is 0 Å². The highest BCUT2D eigenvalue weighted by atomic mass is 14.7. The standard InChI is InChI=1S/C13H20N/c1-3-10-13(14,11-4-2)12-8-6-5-7-9-12/h6-9H,3-4,10-11,14H2,1-2H3. The summed E-state index contributed by atoms with van der Waals surface area (Å²) in [5.41, 5.74) is 7.55. The van der Waals surface area contributed by atoms with Gasteiger partial charge in [0.25, 0.3) is 0 Å². The van der Waals surface area contributed by atoms with E-state index in [1.165, 1.54) is 5.56 Å². The molecule has 0 saturated heterocycles. The summed E-state index contributed by atoms with van der Waals surface area (Å²) in [6, 6.07) is 11.1. The van der Waals surface area contributed by atoms with Gasteiger partial charge in [0.05, 0.1) is 0 Å². The third kappa shape index (κ3) is 2.58. The molecule has 1 aromatic rings. The first kappa shape index (κ1) is 11.3. The van der Waals surface area contributed by atoms with E-state index in [2.05, 4.69) is 32.0 Å². The van der Waals surface area contributed by atoms with E-state index >= 15 is 0 Å². The molecule has 1 nitrogen and oxygen atoms in total. The minimum Gasteiger partial charge on any atom is -0.321 e. The summed E-state index contributed by atoms with van der Waals surface area (Å²) in [5.74, 6) is 0.